The molecule has 0 amide bonds. The average Bonchev–Trinajstić information content (AvgIpc) is 2.97. The van der Waals surface area contributed by atoms with Crippen molar-refractivity contribution in [3.8, 4) is 0 Å². The van der Waals surface area contributed by atoms with E-state index in [0.29, 0.717) is 6.04 Å². The second-order valence-corrected chi connectivity index (χ2v) is 6.63. The van der Waals surface area contributed by atoms with Gasteiger partial charge in [-0.15, -0.1) is 11.3 Å². The van der Waals surface area contributed by atoms with Crippen LogP contribution >= 0.6 is 11.3 Å². The van der Waals surface area contributed by atoms with Crippen LogP contribution in [0.25, 0.3) is 0 Å². The van der Waals surface area contributed by atoms with E-state index in [1.807, 2.05) is 20.8 Å². The summed E-state index contributed by atoms with van der Waals surface area (Å²) in [5.74, 6) is 1.76. The lowest BCUT2D eigenvalue weighted by molar-refractivity contribution is 0.201. The first-order chi connectivity index (χ1) is 10.0. The molecule has 1 atom stereocenters. The minimum absolute atomic E-state index is 0.460. The summed E-state index contributed by atoms with van der Waals surface area (Å²) < 4.78 is 5.69. The molecule has 5 nitrogen and oxygen atoms in total. The summed E-state index contributed by atoms with van der Waals surface area (Å²) in [7, 11) is 0. The lowest BCUT2D eigenvalue weighted by Gasteiger charge is -2.39. The lowest BCUT2D eigenvalue weighted by atomic mass is 10.2. The topological polar surface area (TPSA) is 45.4 Å². The normalized spacial score (nSPS) is 20.2. The van der Waals surface area contributed by atoms with Crippen LogP contribution in [0.3, 0.4) is 0 Å². The number of oxazole rings is 1. The van der Waals surface area contributed by atoms with Crippen molar-refractivity contribution >= 4 is 16.5 Å². The van der Waals surface area contributed by atoms with Crippen LogP contribution in [0.2, 0.25) is 0 Å². The van der Waals surface area contributed by atoms with Gasteiger partial charge in [0.25, 0.3) is 0 Å². The zero-order valence-electron chi connectivity index (χ0n) is 13.1. The summed E-state index contributed by atoms with van der Waals surface area (Å²) in [4.78, 5) is 13.9. The first-order valence-electron chi connectivity index (χ1n) is 7.37. The fourth-order valence-electron chi connectivity index (χ4n) is 2.73. The molecule has 1 fully saturated rings. The second kappa shape index (κ2) is 5.77. The van der Waals surface area contributed by atoms with E-state index in [-0.39, 0.29) is 0 Å². The van der Waals surface area contributed by atoms with Gasteiger partial charge in [0.05, 0.1) is 17.9 Å². The zero-order valence-corrected chi connectivity index (χ0v) is 13.9. The van der Waals surface area contributed by atoms with E-state index in [1.165, 1.54) is 0 Å². The van der Waals surface area contributed by atoms with Crippen molar-refractivity contribution < 1.29 is 4.42 Å². The van der Waals surface area contributed by atoms with Crippen molar-refractivity contribution in [3.05, 3.63) is 28.4 Å². The van der Waals surface area contributed by atoms with Crippen molar-refractivity contribution in [1.29, 1.82) is 0 Å². The molecule has 0 saturated carbocycles. The maximum atomic E-state index is 5.69. The van der Waals surface area contributed by atoms with Crippen LogP contribution in [0.4, 0.5) is 5.13 Å². The van der Waals surface area contributed by atoms with Crippen LogP contribution in [-0.2, 0) is 6.54 Å². The number of anilines is 1. The Morgan fingerprint density at radius 2 is 2.10 bits per heavy atom. The molecule has 6 heteroatoms. The van der Waals surface area contributed by atoms with Gasteiger partial charge in [-0.05, 0) is 27.7 Å². The molecule has 1 saturated heterocycles. The van der Waals surface area contributed by atoms with Crippen LogP contribution < -0.4 is 4.90 Å². The largest absolute Gasteiger partial charge is 0.444 e. The monoisotopic (exact) mass is 306 g/mol. The van der Waals surface area contributed by atoms with Crippen molar-refractivity contribution in [3.63, 3.8) is 0 Å². The highest BCUT2D eigenvalue weighted by Crippen LogP contribution is 2.25. The third-order valence-corrected chi connectivity index (χ3v) is 4.99. The van der Waals surface area contributed by atoms with E-state index in [2.05, 4.69) is 32.1 Å². The number of thiazole rings is 1. The molecule has 0 bridgehead atoms. The molecule has 3 rings (SSSR count). The number of hydrogen-bond acceptors (Lipinski definition) is 6. The minimum atomic E-state index is 0.460. The summed E-state index contributed by atoms with van der Waals surface area (Å²) in [6.45, 7) is 12.1. The Hall–Kier alpha value is -1.40. The number of aromatic nitrogens is 2. The van der Waals surface area contributed by atoms with Crippen molar-refractivity contribution in [2.45, 2.75) is 40.3 Å². The van der Waals surface area contributed by atoms with Crippen molar-refractivity contribution in [2.24, 2.45) is 0 Å². The summed E-state index contributed by atoms with van der Waals surface area (Å²) in [5, 5.41) is 3.26. The zero-order chi connectivity index (χ0) is 15.0. The average molecular weight is 306 g/mol. The van der Waals surface area contributed by atoms with E-state index < -0.39 is 0 Å². The predicted molar refractivity (Wildman–Crippen MR) is 84.9 cm³/mol. The first kappa shape index (κ1) is 14.5. The summed E-state index contributed by atoms with van der Waals surface area (Å²) in [6.07, 6.45) is 0. The van der Waals surface area contributed by atoms with Gasteiger partial charge < -0.3 is 9.32 Å². The number of nitrogens with zero attached hydrogens (tertiary/aromatic N) is 4. The summed E-state index contributed by atoms with van der Waals surface area (Å²) in [5.41, 5.74) is 2.10. The molecule has 3 heterocycles. The molecule has 114 valence electrons. The van der Waals surface area contributed by atoms with Crippen LogP contribution in [0.15, 0.2) is 9.80 Å². The Labute approximate surface area is 129 Å². The predicted octanol–water partition coefficient (Wildman–Crippen LogP) is 2.77. The molecule has 1 aliphatic heterocycles. The second-order valence-electron chi connectivity index (χ2n) is 5.80. The number of aryl methyl sites for hydroxylation is 3. The van der Waals surface area contributed by atoms with Crippen molar-refractivity contribution in [2.75, 3.05) is 24.5 Å². The van der Waals surface area contributed by atoms with Gasteiger partial charge in [-0.2, -0.15) is 0 Å². The quantitative estimate of drug-likeness (QED) is 0.872. The number of hydrogen-bond donors (Lipinski definition) is 0. The minimum Gasteiger partial charge on any atom is -0.444 e. The third-order valence-electron chi connectivity index (χ3n) is 4.00. The highest BCUT2D eigenvalue weighted by Gasteiger charge is 2.26. The van der Waals surface area contributed by atoms with Gasteiger partial charge in [-0.25, -0.2) is 9.97 Å². The highest BCUT2D eigenvalue weighted by molar-refractivity contribution is 7.13. The Kier molecular flexibility index (Phi) is 3.99. The molecule has 0 aromatic carbocycles. The van der Waals surface area contributed by atoms with E-state index in [4.69, 9.17) is 4.42 Å². The van der Waals surface area contributed by atoms with Gasteiger partial charge in [0.1, 0.15) is 5.76 Å². The molecule has 0 aliphatic carbocycles. The third kappa shape index (κ3) is 3.11. The first-order valence-corrected chi connectivity index (χ1v) is 8.25. The molecule has 2 aromatic heterocycles. The molecule has 0 unspecified atom stereocenters. The van der Waals surface area contributed by atoms with Crippen LogP contribution in [-0.4, -0.2) is 40.5 Å². The van der Waals surface area contributed by atoms with Crippen molar-refractivity contribution in [1.82, 2.24) is 14.9 Å². The van der Waals surface area contributed by atoms with E-state index in [1.54, 1.807) is 11.3 Å². The Balaban J connectivity index is 1.62. The fourth-order valence-corrected chi connectivity index (χ4v) is 3.66. The molecular formula is C15H22N4OS. The SMILES string of the molecule is Cc1csc(N2CCN(Cc3nc(C)c(C)o3)C[C@H]2C)n1. The molecule has 0 N–H and O–H groups in total. The lowest BCUT2D eigenvalue weighted by Crippen LogP contribution is -2.51. The Bertz CT molecular complexity index is 601. The molecule has 1 aliphatic rings. The molecule has 0 spiro atoms. The van der Waals surface area contributed by atoms with Crippen LogP contribution in [0, 0.1) is 20.8 Å². The molecular weight excluding hydrogens is 284 g/mol. The summed E-state index contributed by atoms with van der Waals surface area (Å²) >= 11 is 1.74. The standard InChI is InChI=1S/C15H22N4OS/c1-10-9-21-15(16-10)19-6-5-18(7-11(19)2)8-14-17-12(3)13(4)20-14/h9,11H,5-8H2,1-4H3/t11-/m1/s1. The molecule has 2 aromatic rings. The maximum absolute atomic E-state index is 5.69. The summed E-state index contributed by atoms with van der Waals surface area (Å²) in [6, 6.07) is 0.460. The van der Waals surface area contributed by atoms with Crippen LogP contribution in [0.1, 0.15) is 30.0 Å². The highest BCUT2D eigenvalue weighted by atomic mass is 32.1. The van der Waals surface area contributed by atoms with Gasteiger partial charge in [0.15, 0.2) is 5.13 Å². The Morgan fingerprint density at radius 1 is 1.29 bits per heavy atom. The van der Waals surface area contributed by atoms with Gasteiger partial charge in [-0.1, -0.05) is 0 Å². The van der Waals surface area contributed by atoms with Crippen LogP contribution in [0.5, 0.6) is 0 Å². The number of rotatable bonds is 3. The van der Waals surface area contributed by atoms with Gasteiger partial charge in [-0.3, -0.25) is 4.90 Å². The van der Waals surface area contributed by atoms with E-state index in [9.17, 15) is 0 Å². The van der Waals surface area contributed by atoms with Gasteiger partial charge >= 0.3 is 0 Å². The van der Waals surface area contributed by atoms with Gasteiger partial charge in [0, 0.05) is 31.1 Å². The van der Waals surface area contributed by atoms with Gasteiger partial charge in [0.2, 0.25) is 5.89 Å². The smallest absolute Gasteiger partial charge is 0.208 e. The van der Waals surface area contributed by atoms with E-state index in [0.717, 1.165) is 54.3 Å². The number of piperazine rings is 1. The Morgan fingerprint density at radius 3 is 2.67 bits per heavy atom. The molecule has 21 heavy (non-hydrogen) atoms. The van der Waals surface area contributed by atoms with E-state index >= 15 is 0 Å². The maximum Gasteiger partial charge on any atom is 0.208 e. The fraction of sp³-hybridized carbons (Fsp3) is 0.600. The molecule has 0 radical (unpaired) electrons.